The number of benzene rings is 1. The minimum Gasteiger partial charge on any atom is -0.326 e. The van der Waals surface area contributed by atoms with E-state index in [1.165, 1.54) is 6.92 Å². The van der Waals surface area contributed by atoms with Crippen LogP contribution in [0.5, 0.6) is 0 Å². The smallest absolute Gasteiger partial charge is 0.224 e. The number of carbonyl (C=O) groups is 2. The molecule has 0 bridgehead atoms. The van der Waals surface area contributed by atoms with Gasteiger partial charge in [0.2, 0.25) is 5.91 Å². The van der Waals surface area contributed by atoms with Crippen LogP contribution in [-0.2, 0) is 11.2 Å². The van der Waals surface area contributed by atoms with E-state index in [-0.39, 0.29) is 11.7 Å². The molecule has 0 saturated carbocycles. The Hall–Kier alpha value is -2.86. The molecule has 1 aromatic carbocycles. The van der Waals surface area contributed by atoms with Gasteiger partial charge in [-0.05, 0) is 37.6 Å². The lowest BCUT2D eigenvalue weighted by Gasteiger charge is -2.05. The van der Waals surface area contributed by atoms with Gasteiger partial charge in [-0.3, -0.25) is 14.6 Å². The number of Topliss-reactive ketones (excluding diaryl/α,β-unsaturated/α-hetero) is 1. The molecule has 2 aromatic heterocycles. The largest absolute Gasteiger partial charge is 0.326 e. The first-order chi connectivity index (χ1) is 12.1. The Morgan fingerprint density at radius 2 is 1.96 bits per heavy atom. The Balaban J connectivity index is 1.57. The maximum Gasteiger partial charge on any atom is 0.224 e. The van der Waals surface area contributed by atoms with Gasteiger partial charge in [-0.15, -0.1) is 11.3 Å². The highest BCUT2D eigenvalue weighted by Gasteiger charge is 2.08. The van der Waals surface area contributed by atoms with E-state index in [4.69, 9.17) is 0 Å². The number of aryl methyl sites for hydroxylation is 1. The summed E-state index contributed by atoms with van der Waals surface area (Å²) in [6.45, 7) is 1.50. The Morgan fingerprint density at radius 3 is 2.72 bits per heavy atom. The van der Waals surface area contributed by atoms with Crippen LogP contribution in [0.4, 0.5) is 5.69 Å². The fraction of sp³-hybridized carbons (Fsp3) is 0.158. The van der Waals surface area contributed by atoms with E-state index in [1.807, 2.05) is 17.5 Å². The highest BCUT2D eigenvalue weighted by molar-refractivity contribution is 7.13. The molecule has 0 radical (unpaired) electrons. The number of thiazole rings is 1. The summed E-state index contributed by atoms with van der Waals surface area (Å²) in [6.07, 6.45) is 4.38. The summed E-state index contributed by atoms with van der Waals surface area (Å²) in [5.41, 5.74) is 3.13. The normalized spacial score (nSPS) is 10.4. The second kappa shape index (κ2) is 7.81. The molecular formula is C19H17N3O2S. The molecule has 3 aromatic rings. The molecule has 2 heterocycles. The van der Waals surface area contributed by atoms with E-state index in [0.29, 0.717) is 24.1 Å². The van der Waals surface area contributed by atoms with E-state index < -0.39 is 0 Å². The molecule has 0 atom stereocenters. The van der Waals surface area contributed by atoms with Crippen LogP contribution >= 0.6 is 11.3 Å². The fourth-order valence-corrected chi connectivity index (χ4v) is 3.19. The summed E-state index contributed by atoms with van der Waals surface area (Å²) >= 11 is 1.56. The van der Waals surface area contributed by atoms with Crippen molar-refractivity contribution in [1.29, 1.82) is 0 Å². The number of anilines is 1. The van der Waals surface area contributed by atoms with Crippen LogP contribution < -0.4 is 5.32 Å². The zero-order valence-electron chi connectivity index (χ0n) is 13.7. The van der Waals surface area contributed by atoms with Crippen LogP contribution in [0.3, 0.4) is 0 Å². The van der Waals surface area contributed by atoms with Gasteiger partial charge in [-0.1, -0.05) is 12.1 Å². The van der Waals surface area contributed by atoms with Crippen molar-refractivity contribution in [1.82, 2.24) is 9.97 Å². The van der Waals surface area contributed by atoms with Crippen molar-refractivity contribution in [2.24, 2.45) is 0 Å². The predicted octanol–water partition coefficient (Wildman–Crippen LogP) is 3.98. The molecular weight excluding hydrogens is 334 g/mol. The molecule has 1 N–H and O–H groups in total. The number of rotatable bonds is 6. The number of amides is 1. The maximum absolute atomic E-state index is 12.1. The lowest BCUT2D eigenvalue weighted by atomic mass is 10.1. The second-order valence-electron chi connectivity index (χ2n) is 5.57. The number of nitrogens with one attached hydrogen (secondary N) is 1. The number of carbonyl (C=O) groups excluding carboxylic acids is 2. The van der Waals surface area contributed by atoms with E-state index in [2.05, 4.69) is 15.3 Å². The third kappa shape index (κ3) is 4.58. The van der Waals surface area contributed by atoms with Crippen molar-refractivity contribution in [3.63, 3.8) is 0 Å². The highest BCUT2D eigenvalue weighted by Crippen LogP contribution is 2.23. The van der Waals surface area contributed by atoms with Crippen molar-refractivity contribution in [2.75, 3.05) is 5.32 Å². The minimum atomic E-state index is -0.0980. The van der Waals surface area contributed by atoms with Gasteiger partial charge in [0.25, 0.3) is 0 Å². The lowest BCUT2D eigenvalue weighted by Crippen LogP contribution is -2.12. The molecule has 126 valence electrons. The molecule has 0 fully saturated rings. The zero-order chi connectivity index (χ0) is 17.6. The van der Waals surface area contributed by atoms with Crippen molar-refractivity contribution >= 4 is 28.7 Å². The number of hydrogen-bond donors (Lipinski definition) is 1. The van der Waals surface area contributed by atoms with Crippen LogP contribution in [0.2, 0.25) is 0 Å². The fourth-order valence-electron chi connectivity index (χ4n) is 2.33. The molecule has 0 aliphatic carbocycles. The summed E-state index contributed by atoms with van der Waals surface area (Å²) in [4.78, 5) is 32.1. The molecule has 25 heavy (non-hydrogen) atoms. The van der Waals surface area contributed by atoms with Gasteiger partial charge in [0.15, 0.2) is 5.78 Å². The Morgan fingerprint density at radius 1 is 1.16 bits per heavy atom. The molecule has 0 aliphatic heterocycles. The first-order valence-corrected chi connectivity index (χ1v) is 8.75. The SMILES string of the molecule is CC(=O)c1cccc(NC(=O)CCc2csc(-c3ccncc3)n2)c1. The summed E-state index contributed by atoms with van der Waals surface area (Å²) in [6, 6.07) is 10.8. The molecule has 0 unspecified atom stereocenters. The predicted molar refractivity (Wildman–Crippen MR) is 98.7 cm³/mol. The van der Waals surface area contributed by atoms with Crippen LogP contribution in [0.25, 0.3) is 10.6 Å². The summed E-state index contributed by atoms with van der Waals surface area (Å²) in [5.74, 6) is -0.124. The monoisotopic (exact) mass is 351 g/mol. The quantitative estimate of drug-likeness (QED) is 0.682. The van der Waals surface area contributed by atoms with E-state index >= 15 is 0 Å². The summed E-state index contributed by atoms with van der Waals surface area (Å²) in [5, 5.41) is 5.72. The van der Waals surface area contributed by atoms with Crippen LogP contribution in [0.1, 0.15) is 29.4 Å². The Bertz CT molecular complexity index is 890. The van der Waals surface area contributed by atoms with Crippen LogP contribution in [0, 0.1) is 0 Å². The van der Waals surface area contributed by atoms with Gasteiger partial charge in [0.05, 0.1) is 5.69 Å². The molecule has 5 nitrogen and oxygen atoms in total. The first kappa shape index (κ1) is 17.0. The van der Waals surface area contributed by atoms with Gasteiger partial charge in [0.1, 0.15) is 5.01 Å². The number of nitrogens with zero attached hydrogens (tertiary/aromatic N) is 2. The summed E-state index contributed by atoms with van der Waals surface area (Å²) in [7, 11) is 0. The van der Waals surface area contributed by atoms with Crippen molar-refractivity contribution in [3.8, 4) is 10.6 Å². The maximum atomic E-state index is 12.1. The van der Waals surface area contributed by atoms with Crippen molar-refractivity contribution < 1.29 is 9.59 Å². The average molecular weight is 351 g/mol. The number of ketones is 1. The van der Waals surface area contributed by atoms with Crippen molar-refractivity contribution in [2.45, 2.75) is 19.8 Å². The molecule has 0 saturated heterocycles. The molecule has 0 aliphatic rings. The molecule has 6 heteroatoms. The van der Waals surface area contributed by atoms with Crippen LogP contribution in [0.15, 0.2) is 54.2 Å². The molecule has 0 spiro atoms. The topological polar surface area (TPSA) is 72.0 Å². The van der Waals surface area contributed by atoms with E-state index in [1.54, 1.807) is 48.0 Å². The van der Waals surface area contributed by atoms with Gasteiger partial charge in [0, 0.05) is 41.0 Å². The Labute approximate surface area is 149 Å². The van der Waals surface area contributed by atoms with Gasteiger partial charge in [-0.25, -0.2) is 4.98 Å². The highest BCUT2D eigenvalue weighted by atomic mass is 32.1. The average Bonchev–Trinajstić information content (AvgIpc) is 3.10. The third-order valence-corrected chi connectivity index (χ3v) is 4.58. The Kier molecular flexibility index (Phi) is 5.30. The molecule has 1 amide bonds. The van der Waals surface area contributed by atoms with Crippen LogP contribution in [-0.4, -0.2) is 21.7 Å². The van der Waals surface area contributed by atoms with Gasteiger partial charge in [-0.2, -0.15) is 0 Å². The van der Waals surface area contributed by atoms with E-state index in [9.17, 15) is 9.59 Å². The number of pyridine rings is 1. The standard InChI is InChI=1S/C19H17N3O2S/c1-13(23)15-3-2-4-16(11-15)21-18(24)6-5-17-12-25-19(22-17)14-7-9-20-10-8-14/h2-4,7-12H,5-6H2,1H3,(H,21,24). The number of hydrogen-bond acceptors (Lipinski definition) is 5. The van der Waals surface area contributed by atoms with Gasteiger partial charge >= 0.3 is 0 Å². The summed E-state index contributed by atoms with van der Waals surface area (Å²) < 4.78 is 0. The second-order valence-corrected chi connectivity index (χ2v) is 6.42. The van der Waals surface area contributed by atoms with Crippen molar-refractivity contribution in [3.05, 3.63) is 65.4 Å². The number of aromatic nitrogens is 2. The first-order valence-electron chi connectivity index (χ1n) is 7.87. The van der Waals surface area contributed by atoms with Gasteiger partial charge < -0.3 is 5.32 Å². The molecule has 3 rings (SSSR count). The van der Waals surface area contributed by atoms with E-state index in [0.717, 1.165) is 16.3 Å². The zero-order valence-corrected chi connectivity index (χ0v) is 14.5. The lowest BCUT2D eigenvalue weighted by molar-refractivity contribution is -0.116. The third-order valence-electron chi connectivity index (χ3n) is 3.64. The minimum absolute atomic E-state index is 0.0257.